The van der Waals surface area contributed by atoms with E-state index in [2.05, 4.69) is 40.7 Å². The van der Waals surface area contributed by atoms with Crippen LogP contribution in [-0.4, -0.2) is 10.9 Å². The standard InChI is InChI=1S/C21H21N3O/c1-15-6-5-8-17(12-15)13-22-18-10-11-20(23-14-18)21(25)24-19-9-4-3-7-16(19)2/h3-12,14,22H,13H2,1-2H3,(H,24,25). The molecule has 0 bridgehead atoms. The molecule has 0 saturated heterocycles. The number of hydrogen-bond acceptors (Lipinski definition) is 3. The van der Waals surface area contributed by atoms with Crippen molar-refractivity contribution in [2.45, 2.75) is 20.4 Å². The average Bonchev–Trinajstić information content (AvgIpc) is 2.62. The first-order chi connectivity index (χ1) is 12.1. The maximum atomic E-state index is 12.3. The number of rotatable bonds is 5. The monoisotopic (exact) mass is 331 g/mol. The van der Waals surface area contributed by atoms with Gasteiger partial charge in [-0.05, 0) is 43.2 Å². The lowest BCUT2D eigenvalue weighted by Crippen LogP contribution is -2.14. The maximum absolute atomic E-state index is 12.3. The van der Waals surface area contributed by atoms with E-state index >= 15 is 0 Å². The molecule has 25 heavy (non-hydrogen) atoms. The van der Waals surface area contributed by atoms with E-state index in [0.29, 0.717) is 5.69 Å². The average molecular weight is 331 g/mol. The lowest BCUT2D eigenvalue weighted by atomic mass is 10.1. The Morgan fingerprint density at radius 2 is 1.84 bits per heavy atom. The van der Waals surface area contributed by atoms with E-state index in [1.165, 1.54) is 11.1 Å². The molecule has 2 N–H and O–H groups in total. The van der Waals surface area contributed by atoms with Gasteiger partial charge < -0.3 is 10.6 Å². The normalized spacial score (nSPS) is 10.3. The number of carbonyl (C=O) groups is 1. The van der Waals surface area contributed by atoms with Crippen molar-refractivity contribution in [3.05, 3.63) is 89.2 Å². The van der Waals surface area contributed by atoms with Gasteiger partial charge in [-0.25, -0.2) is 4.98 Å². The number of pyridine rings is 1. The Morgan fingerprint density at radius 1 is 1.00 bits per heavy atom. The first-order valence-corrected chi connectivity index (χ1v) is 8.24. The Hall–Kier alpha value is -3.14. The number of nitrogens with one attached hydrogen (secondary N) is 2. The molecule has 1 amide bonds. The second kappa shape index (κ2) is 7.62. The van der Waals surface area contributed by atoms with Crippen molar-refractivity contribution in [1.29, 1.82) is 0 Å². The zero-order valence-electron chi connectivity index (χ0n) is 14.4. The molecule has 0 radical (unpaired) electrons. The van der Waals surface area contributed by atoms with Crippen molar-refractivity contribution in [3.8, 4) is 0 Å². The van der Waals surface area contributed by atoms with Gasteiger partial charge in [-0.3, -0.25) is 4.79 Å². The Labute approximate surface area is 147 Å². The summed E-state index contributed by atoms with van der Waals surface area (Å²) in [5.74, 6) is -0.209. The molecule has 126 valence electrons. The van der Waals surface area contributed by atoms with Crippen molar-refractivity contribution < 1.29 is 4.79 Å². The van der Waals surface area contributed by atoms with E-state index in [1.54, 1.807) is 12.3 Å². The first-order valence-electron chi connectivity index (χ1n) is 8.24. The highest BCUT2D eigenvalue weighted by molar-refractivity contribution is 6.03. The second-order valence-corrected chi connectivity index (χ2v) is 6.04. The Balaban J connectivity index is 1.61. The van der Waals surface area contributed by atoms with Crippen LogP contribution in [0.4, 0.5) is 11.4 Å². The van der Waals surface area contributed by atoms with Crippen LogP contribution in [-0.2, 0) is 6.54 Å². The smallest absolute Gasteiger partial charge is 0.274 e. The van der Waals surface area contributed by atoms with Gasteiger partial charge in [-0.2, -0.15) is 0 Å². The van der Waals surface area contributed by atoms with Crippen LogP contribution in [0.15, 0.2) is 66.9 Å². The van der Waals surface area contributed by atoms with Gasteiger partial charge >= 0.3 is 0 Å². The van der Waals surface area contributed by atoms with Crippen LogP contribution in [0, 0.1) is 13.8 Å². The summed E-state index contributed by atoms with van der Waals surface area (Å²) in [6.45, 7) is 4.76. The molecule has 0 aliphatic carbocycles. The van der Waals surface area contributed by atoms with Crippen LogP contribution in [0.2, 0.25) is 0 Å². The van der Waals surface area contributed by atoms with Gasteiger partial charge in [0, 0.05) is 12.2 Å². The molecule has 1 aromatic heterocycles. The predicted octanol–water partition coefficient (Wildman–Crippen LogP) is 4.56. The molecule has 0 saturated carbocycles. The fourth-order valence-electron chi connectivity index (χ4n) is 2.56. The summed E-state index contributed by atoms with van der Waals surface area (Å²) in [5.41, 5.74) is 5.54. The Kier molecular flexibility index (Phi) is 5.09. The van der Waals surface area contributed by atoms with Crippen LogP contribution >= 0.6 is 0 Å². The van der Waals surface area contributed by atoms with Crippen molar-refractivity contribution in [1.82, 2.24) is 4.98 Å². The lowest BCUT2D eigenvalue weighted by molar-refractivity contribution is 0.102. The number of para-hydroxylation sites is 1. The summed E-state index contributed by atoms with van der Waals surface area (Å²) in [4.78, 5) is 16.6. The topological polar surface area (TPSA) is 54.0 Å². The largest absolute Gasteiger partial charge is 0.380 e. The second-order valence-electron chi connectivity index (χ2n) is 6.04. The van der Waals surface area contributed by atoms with Gasteiger partial charge in [0.1, 0.15) is 5.69 Å². The van der Waals surface area contributed by atoms with E-state index in [9.17, 15) is 4.79 Å². The molecule has 1 heterocycles. The summed E-state index contributed by atoms with van der Waals surface area (Å²) >= 11 is 0. The number of carbonyl (C=O) groups excluding carboxylic acids is 1. The van der Waals surface area contributed by atoms with Crippen LogP contribution in [0.25, 0.3) is 0 Å². The predicted molar refractivity (Wildman–Crippen MR) is 102 cm³/mol. The third-order valence-electron chi connectivity index (χ3n) is 3.97. The number of benzene rings is 2. The Morgan fingerprint density at radius 3 is 2.56 bits per heavy atom. The molecule has 0 aliphatic heterocycles. The maximum Gasteiger partial charge on any atom is 0.274 e. The molecule has 4 nitrogen and oxygen atoms in total. The molecule has 3 aromatic rings. The van der Waals surface area contributed by atoms with Gasteiger partial charge in [0.25, 0.3) is 5.91 Å². The summed E-state index contributed by atoms with van der Waals surface area (Å²) in [7, 11) is 0. The van der Waals surface area contributed by atoms with E-state index in [-0.39, 0.29) is 5.91 Å². The van der Waals surface area contributed by atoms with Crippen molar-refractivity contribution in [3.63, 3.8) is 0 Å². The van der Waals surface area contributed by atoms with Crippen molar-refractivity contribution in [2.24, 2.45) is 0 Å². The molecular weight excluding hydrogens is 310 g/mol. The molecule has 0 fully saturated rings. The first kappa shape index (κ1) is 16.7. The summed E-state index contributed by atoms with van der Waals surface area (Å²) in [6, 6.07) is 19.6. The number of aromatic nitrogens is 1. The minimum absolute atomic E-state index is 0.209. The van der Waals surface area contributed by atoms with Gasteiger partial charge in [0.2, 0.25) is 0 Å². The highest BCUT2D eigenvalue weighted by atomic mass is 16.1. The highest BCUT2D eigenvalue weighted by Gasteiger charge is 2.08. The number of hydrogen-bond donors (Lipinski definition) is 2. The number of nitrogens with zero attached hydrogens (tertiary/aromatic N) is 1. The molecule has 0 spiro atoms. The van der Waals surface area contributed by atoms with Crippen LogP contribution in [0.3, 0.4) is 0 Å². The zero-order chi connectivity index (χ0) is 17.6. The van der Waals surface area contributed by atoms with E-state index < -0.39 is 0 Å². The molecule has 0 unspecified atom stereocenters. The summed E-state index contributed by atoms with van der Waals surface area (Å²) in [6.07, 6.45) is 1.68. The number of anilines is 2. The van der Waals surface area contributed by atoms with Crippen LogP contribution in [0.1, 0.15) is 27.2 Å². The van der Waals surface area contributed by atoms with E-state index in [0.717, 1.165) is 23.5 Å². The van der Waals surface area contributed by atoms with Crippen molar-refractivity contribution in [2.75, 3.05) is 10.6 Å². The van der Waals surface area contributed by atoms with Crippen LogP contribution < -0.4 is 10.6 Å². The number of aryl methyl sites for hydroxylation is 2. The third kappa shape index (κ3) is 4.44. The van der Waals surface area contributed by atoms with E-state index in [1.807, 2.05) is 43.3 Å². The molecule has 3 rings (SSSR count). The van der Waals surface area contributed by atoms with Gasteiger partial charge in [-0.15, -0.1) is 0 Å². The minimum Gasteiger partial charge on any atom is -0.380 e. The van der Waals surface area contributed by atoms with Gasteiger partial charge in [0.05, 0.1) is 11.9 Å². The summed E-state index contributed by atoms with van der Waals surface area (Å²) < 4.78 is 0. The SMILES string of the molecule is Cc1cccc(CNc2ccc(C(=O)Nc3ccccc3C)nc2)c1. The fraction of sp³-hybridized carbons (Fsp3) is 0.143. The molecule has 2 aromatic carbocycles. The molecular formula is C21H21N3O. The fourth-order valence-corrected chi connectivity index (χ4v) is 2.56. The summed E-state index contributed by atoms with van der Waals surface area (Å²) in [5, 5.41) is 6.21. The molecule has 0 atom stereocenters. The lowest BCUT2D eigenvalue weighted by Gasteiger charge is -2.09. The highest BCUT2D eigenvalue weighted by Crippen LogP contribution is 2.15. The molecule has 0 aliphatic rings. The Bertz CT molecular complexity index is 872. The number of amides is 1. The van der Waals surface area contributed by atoms with Gasteiger partial charge in [-0.1, -0.05) is 48.0 Å². The van der Waals surface area contributed by atoms with Crippen molar-refractivity contribution >= 4 is 17.3 Å². The zero-order valence-corrected chi connectivity index (χ0v) is 14.4. The van der Waals surface area contributed by atoms with E-state index in [4.69, 9.17) is 0 Å². The third-order valence-corrected chi connectivity index (χ3v) is 3.97. The van der Waals surface area contributed by atoms with Crippen LogP contribution in [0.5, 0.6) is 0 Å². The minimum atomic E-state index is -0.209. The quantitative estimate of drug-likeness (QED) is 0.720. The molecule has 4 heteroatoms. The van der Waals surface area contributed by atoms with Gasteiger partial charge in [0.15, 0.2) is 0 Å².